The fourth-order valence-electron chi connectivity index (χ4n) is 10.3. The topological polar surface area (TPSA) is 58.9 Å². The van der Waals surface area contributed by atoms with Gasteiger partial charge in [0, 0.05) is 0 Å². The Bertz CT molecular complexity index is 2580. The van der Waals surface area contributed by atoms with Crippen LogP contribution in [0.4, 0.5) is 0 Å². The Morgan fingerprint density at radius 3 is 0.967 bits per heavy atom. The molecule has 4 heteroatoms. The normalized spacial score (nSPS) is 13.9. The van der Waals surface area contributed by atoms with Crippen molar-refractivity contribution in [1.29, 1.82) is 0 Å². The van der Waals surface area contributed by atoms with Crippen molar-refractivity contribution in [2.75, 3.05) is 26.4 Å². The molecular formula is C56H46O4. The summed E-state index contributed by atoms with van der Waals surface area (Å²) < 4.78 is 11.8. The van der Waals surface area contributed by atoms with Gasteiger partial charge in [-0.25, -0.2) is 0 Å². The van der Waals surface area contributed by atoms with Crippen LogP contribution in [-0.2, 0) is 10.8 Å². The van der Waals surface area contributed by atoms with Crippen LogP contribution in [-0.4, -0.2) is 36.6 Å². The zero-order chi connectivity index (χ0) is 40.8. The summed E-state index contributed by atoms with van der Waals surface area (Å²) in [6.45, 7) is 4.63. The lowest BCUT2D eigenvalue weighted by Gasteiger charge is -2.34. The number of fused-ring (bicyclic) bond motifs is 6. The van der Waals surface area contributed by atoms with Crippen molar-refractivity contribution in [3.63, 3.8) is 0 Å². The molecular weight excluding hydrogens is 737 g/mol. The quantitative estimate of drug-likeness (QED) is 0.137. The molecule has 0 radical (unpaired) electrons. The molecule has 0 fully saturated rings. The maximum atomic E-state index is 9.46. The van der Waals surface area contributed by atoms with Crippen molar-refractivity contribution < 1.29 is 19.7 Å². The Balaban J connectivity index is 1.09. The molecule has 60 heavy (non-hydrogen) atoms. The van der Waals surface area contributed by atoms with Gasteiger partial charge in [-0.2, -0.15) is 0 Å². The van der Waals surface area contributed by atoms with Gasteiger partial charge in [-0.3, -0.25) is 0 Å². The van der Waals surface area contributed by atoms with Gasteiger partial charge in [0.1, 0.15) is 24.7 Å². The summed E-state index contributed by atoms with van der Waals surface area (Å²) in [5.41, 5.74) is 18.1. The first kappa shape index (κ1) is 37.5. The second-order valence-electron chi connectivity index (χ2n) is 15.9. The van der Waals surface area contributed by atoms with Crippen LogP contribution in [0.5, 0.6) is 11.5 Å². The standard InChI is InChI=1S/C56H46O4/c1-37-35-43(27-29-53(37)59-33-31-57)55(49-15-7-3-11-45(49)46-12-4-8-16-50(46)55)41-23-19-39(20-24-41)40-21-25-42(26-22-40)56(44-28-30-54(38(2)36-44)60-34-32-58)51-17-9-5-13-47(51)48-14-6-10-18-52(48)56/h3-30,35-36,57-58H,31-34H2,1-2H3. The van der Waals surface area contributed by atoms with Gasteiger partial charge in [0.2, 0.25) is 0 Å². The summed E-state index contributed by atoms with van der Waals surface area (Å²) in [5, 5.41) is 18.9. The van der Waals surface area contributed by atoms with E-state index in [1.54, 1.807) is 0 Å². The van der Waals surface area contributed by atoms with Crippen molar-refractivity contribution in [3.8, 4) is 44.9 Å². The van der Waals surface area contributed by atoms with Crippen molar-refractivity contribution >= 4 is 0 Å². The zero-order valence-corrected chi connectivity index (χ0v) is 33.9. The molecule has 2 aliphatic carbocycles. The van der Waals surface area contributed by atoms with Gasteiger partial charge in [-0.05, 0) is 115 Å². The molecule has 0 spiro atoms. The van der Waals surface area contributed by atoms with Gasteiger partial charge in [0.15, 0.2) is 0 Å². The molecule has 294 valence electrons. The van der Waals surface area contributed by atoms with E-state index in [9.17, 15) is 10.2 Å². The van der Waals surface area contributed by atoms with Gasteiger partial charge in [0.25, 0.3) is 0 Å². The van der Waals surface area contributed by atoms with E-state index in [-0.39, 0.29) is 26.4 Å². The van der Waals surface area contributed by atoms with Crippen LogP contribution in [0, 0.1) is 13.8 Å². The molecule has 0 heterocycles. The summed E-state index contributed by atoms with van der Waals surface area (Å²) in [6, 6.07) is 66.5. The summed E-state index contributed by atoms with van der Waals surface area (Å²) in [5.74, 6) is 1.57. The van der Waals surface area contributed by atoms with Crippen LogP contribution < -0.4 is 9.47 Å². The number of benzene rings is 8. The third-order valence-corrected chi connectivity index (χ3v) is 12.8. The van der Waals surface area contributed by atoms with E-state index in [2.05, 4.69) is 196 Å². The zero-order valence-electron chi connectivity index (χ0n) is 33.9. The van der Waals surface area contributed by atoms with Gasteiger partial charge in [0.05, 0.1) is 24.0 Å². The van der Waals surface area contributed by atoms with Crippen molar-refractivity contribution in [2.24, 2.45) is 0 Å². The average Bonchev–Trinajstić information content (AvgIpc) is 3.77. The van der Waals surface area contributed by atoms with Crippen LogP contribution in [0.3, 0.4) is 0 Å². The van der Waals surface area contributed by atoms with Crippen LogP contribution >= 0.6 is 0 Å². The highest BCUT2D eigenvalue weighted by Crippen LogP contribution is 2.58. The van der Waals surface area contributed by atoms with Crippen LogP contribution in [0.25, 0.3) is 33.4 Å². The lowest BCUT2D eigenvalue weighted by Crippen LogP contribution is -2.29. The number of rotatable bonds is 11. The fraction of sp³-hybridized carbons (Fsp3) is 0.143. The summed E-state index contributed by atoms with van der Waals surface area (Å²) in [6.07, 6.45) is 0. The van der Waals surface area contributed by atoms with Crippen molar-refractivity contribution in [2.45, 2.75) is 24.7 Å². The number of ether oxygens (including phenoxy) is 2. The molecule has 8 aromatic carbocycles. The first-order chi connectivity index (χ1) is 29.5. The molecule has 0 amide bonds. The minimum absolute atomic E-state index is 0.0280. The molecule has 0 saturated heterocycles. The highest BCUT2D eigenvalue weighted by Gasteiger charge is 2.47. The lowest BCUT2D eigenvalue weighted by atomic mass is 9.67. The van der Waals surface area contributed by atoms with Crippen LogP contribution in [0.1, 0.15) is 55.6 Å². The Morgan fingerprint density at radius 1 is 0.367 bits per heavy atom. The molecule has 0 aliphatic heterocycles. The Morgan fingerprint density at radius 2 is 0.667 bits per heavy atom. The van der Waals surface area contributed by atoms with Crippen LogP contribution in [0.2, 0.25) is 0 Å². The monoisotopic (exact) mass is 782 g/mol. The van der Waals surface area contributed by atoms with Crippen LogP contribution in [0.15, 0.2) is 182 Å². The number of hydrogen-bond acceptors (Lipinski definition) is 4. The summed E-state index contributed by atoms with van der Waals surface area (Å²) in [4.78, 5) is 0. The SMILES string of the molecule is Cc1cc(C2(c3ccc(-c4ccc(C5(c6ccc(OCCO)c(C)c6)c6ccccc6-c6ccccc65)cc4)cc3)c3ccccc3-c3ccccc32)ccc1OCCO. The molecule has 0 atom stereocenters. The van der Waals surface area contributed by atoms with Gasteiger partial charge < -0.3 is 19.7 Å². The molecule has 4 nitrogen and oxygen atoms in total. The van der Waals surface area contributed by atoms with E-state index >= 15 is 0 Å². The third kappa shape index (κ3) is 5.66. The molecule has 2 N–H and O–H groups in total. The van der Waals surface area contributed by atoms with E-state index < -0.39 is 10.8 Å². The molecule has 0 bridgehead atoms. The van der Waals surface area contributed by atoms with Crippen molar-refractivity contribution in [1.82, 2.24) is 0 Å². The molecule has 0 unspecified atom stereocenters. The van der Waals surface area contributed by atoms with Gasteiger partial charge in [-0.15, -0.1) is 0 Å². The lowest BCUT2D eigenvalue weighted by molar-refractivity contribution is 0.200. The first-order valence-corrected chi connectivity index (χ1v) is 20.8. The number of aliphatic hydroxyl groups excluding tert-OH is 2. The molecule has 0 aromatic heterocycles. The van der Waals surface area contributed by atoms with E-state index in [0.29, 0.717) is 0 Å². The molecule has 0 saturated carbocycles. The van der Waals surface area contributed by atoms with E-state index in [1.165, 1.54) is 66.8 Å². The second kappa shape index (κ2) is 15.1. The number of hydrogen-bond donors (Lipinski definition) is 2. The number of aliphatic hydroxyl groups is 2. The smallest absolute Gasteiger partial charge is 0.122 e. The minimum Gasteiger partial charge on any atom is -0.491 e. The number of aryl methyl sites for hydroxylation is 2. The Labute approximate surface area is 352 Å². The molecule has 10 rings (SSSR count). The maximum absolute atomic E-state index is 9.46. The fourth-order valence-corrected chi connectivity index (χ4v) is 10.3. The highest BCUT2D eigenvalue weighted by molar-refractivity contribution is 5.88. The van der Waals surface area contributed by atoms with E-state index in [4.69, 9.17) is 9.47 Å². The van der Waals surface area contributed by atoms with Gasteiger partial charge >= 0.3 is 0 Å². The highest BCUT2D eigenvalue weighted by atomic mass is 16.5. The second-order valence-corrected chi connectivity index (χ2v) is 15.9. The molecule has 2 aliphatic rings. The largest absolute Gasteiger partial charge is 0.491 e. The summed E-state index contributed by atoms with van der Waals surface area (Å²) in [7, 11) is 0. The minimum atomic E-state index is -0.539. The van der Waals surface area contributed by atoms with Crippen molar-refractivity contribution in [3.05, 3.63) is 238 Å². The Kier molecular flexibility index (Phi) is 9.48. The third-order valence-electron chi connectivity index (χ3n) is 12.8. The first-order valence-electron chi connectivity index (χ1n) is 20.8. The van der Waals surface area contributed by atoms with E-state index in [0.717, 1.165) is 33.8 Å². The molecule has 8 aromatic rings. The maximum Gasteiger partial charge on any atom is 0.122 e. The average molecular weight is 783 g/mol. The predicted molar refractivity (Wildman–Crippen MR) is 241 cm³/mol. The summed E-state index contributed by atoms with van der Waals surface area (Å²) >= 11 is 0. The predicted octanol–water partition coefficient (Wildman–Crippen LogP) is 11.4. The van der Waals surface area contributed by atoms with E-state index in [1.807, 2.05) is 0 Å². The van der Waals surface area contributed by atoms with Gasteiger partial charge in [-0.1, -0.05) is 170 Å². The Hall–Kier alpha value is -6.72.